The maximum absolute atomic E-state index is 12.9. The summed E-state index contributed by atoms with van der Waals surface area (Å²) in [4.78, 5) is 35.2. The Bertz CT molecular complexity index is 1620. The number of primary amides is 1. The van der Waals surface area contributed by atoms with Crippen molar-refractivity contribution in [3.05, 3.63) is 99.3 Å². The van der Waals surface area contributed by atoms with Crippen molar-refractivity contribution in [3.8, 4) is 11.3 Å². The number of carbonyl (C=O) groups is 2. The molecule has 0 aliphatic heterocycles. The maximum Gasteiger partial charge on any atom is 0.251 e. The highest BCUT2D eigenvalue weighted by Gasteiger charge is 2.15. The summed E-state index contributed by atoms with van der Waals surface area (Å²) in [6, 6.07) is 15.1. The lowest BCUT2D eigenvalue weighted by molar-refractivity contribution is 0.0947. The fourth-order valence-corrected chi connectivity index (χ4v) is 4.97. The predicted octanol–water partition coefficient (Wildman–Crippen LogP) is 4.21. The second-order valence-electron chi connectivity index (χ2n) is 8.86. The van der Waals surface area contributed by atoms with Crippen molar-refractivity contribution in [2.75, 3.05) is 0 Å². The van der Waals surface area contributed by atoms with Gasteiger partial charge in [0.15, 0.2) is 0 Å². The number of benzene rings is 2. The number of amides is 2. The van der Waals surface area contributed by atoms with Gasteiger partial charge in [0.05, 0.1) is 35.2 Å². The highest BCUT2D eigenvalue weighted by atomic mass is 32.1. The molecule has 0 fully saturated rings. The van der Waals surface area contributed by atoms with Crippen LogP contribution in [0.3, 0.4) is 0 Å². The molecule has 3 aromatic heterocycles. The molecular formula is C28H26N6O2S. The van der Waals surface area contributed by atoms with E-state index < -0.39 is 5.91 Å². The number of para-hydroxylation sites is 1. The second-order valence-corrected chi connectivity index (χ2v) is 9.92. The van der Waals surface area contributed by atoms with Crippen molar-refractivity contribution >= 4 is 34.1 Å². The number of aryl methyl sites for hydroxylation is 4. The molecule has 2 aromatic carbocycles. The largest absolute Gasteiger partial charge is 0.366 e. The van der Waals surface area contributed by atoms with E-state index in [2.05, 4.69) is 21.5 Å². The highest BCUT2D eigenvalue weighted by Crippen LogP contribution is 2.26. The third-order valence-corrected chi connectivity index (χ3v) is 7.16. The van der Waals surface area contributed by atoms with Crippen molar-refractivity contribution in [3.63, 3.8) is 0 Å². The molecule has 0 atom stereocenters. The summed E-state index contributed by atoms with van der Waals surface area (Å²) in [5.41, 5.74) is 13.7. The molecule has 0 aliphatic carbocycles. The van der Waals surface area contributed by atoms with Crippen molar-refractivity contribution in [1.82, 2.24) is 25.1 Å². The molecule has 0 spiro atoms. The van der Waals surface area contributed by atoms with Crippen molar-refractivity contribution in [2.45, 2.75) is 26.3 Å². The topological polar surface area (TPSA) is 116 Å². The SMILES string of the molecule is Cc1scnc1CNC(=O)c1ccc(C(N)=O)c(CCc2cc(-c3cnn(C)c3)nc3ccccc23)c1. The molecule has 3 heterocycles. The molecule has 186 valence electrons. The van der Waals surface area contributed by atoms with E-state index in [9.17, 15) is 9.59 Å². The van der Waals surface area contributed by atoms with Crippen LogP contribution in [0.25, 0.3) is 22.2 Å². The van der Waals surface area contributed by atoms with Gasteiger partial charge in [-0.1, -0.05) is 18.2 Å². The van der Waals surface area contributed by atoms with Crippen LogP contribution >= 0.6 is 11.3 Å². The lowest BCUT2D eigenvalue weighted by Gasteiger charge is -2.12. The summed E-state index contributed by atoms with van der Waals surface area (Å²) in [6.07, 6.45) is 4.90. The Kier molecular flexibility index (Phi) is 6.78. The molecule has 3 N–H and O–H groups in total. The first-order valence-corrected chi connectivity index (χ1v) is 12.7. The second kappa shape index (κ2) is 10.3. The van der Waals surface area contributed by atoms with E-state index in [1.165, 1.54) is 0 Å². The van der Waals surface area contributed by atoms with E-state index in [1.807, 2.05) is 44.4 Å². The number of nitrogens with one attached hydrogen (secondary N) is 1. The summed E-state index contributed by atoms with van der Waals surface area (Å²) >= 11 is 1.54. The highest BCUT2D eigenvalue weighted by molar-refractivity contribution is 7.09. The van der Waals surface area contributed by atoms with Gasteiger partial charge in [0.25, 0.3) is 5.91 Å². The number of aromatic nitrogens is 4. The number of hydrogen-bond donors (Lipinski definition) is 2. The first-order chi connectivity index (χ1) is 17.9. The number of nitrogens with zero attached hydrogens (tertiary/aromatic N) is 4. The van der Waals surface area contributed by atoms with Gasteiger partial charge in [-0.2, -0.15) is 5.10 Å². The van der Waals surface area contributed by atoms with Gasteiger partial charge >= 0.3 is 0 Å². The molecule has 5 rings (SSSR count). The summed E-state index contributed by atoms with van der Waals surface area (Å²) < 4.78 is 1.75. The average molecular weight is 511 g/mol. The van der Waals surface area contributed by atoms with Gasteiger partial charge in [0.2, 0.25) is 5.91 Å². The quantitative estimate of drug-likeness (QED) is 0.324. The predicted molar refractivity (Wildman–Crippen MR) is 144 cm³/mol. The van der Waals surface area contributed by atoms with Gasteiger partial charge in [-0.05, 0) is 61.2 Å². The van der Waals surface area contributed by atoms with Crippen LogP contribution in [0.5, 0.6) is 0 Å². The first kappa shape index (κ1) is 24.3. The summed E-state index contributed by atoms with van der Waals surface area (Å²) in [5.74, 6) is -0.742. The third-order valence-electron chi connectivity index (χ3n) is 6.36. The van der Waals surface area contributed by atoms with E-state index in [1.54, 1.807) is 45.9 Å². The molecule has 0 aliphatic rings. The lowest BCUT2D eigenvalue weighted by atomic mass is 9.95. The van der Waals surface area contributed by atoms with Gasteiger partial charge in [0, 0.05) is 40.2 Å². The van der Waals surface area contributed by atoms with Crippen LogP contribution in [-0.2, 0) is 26.4 Å². The zero-order chi connectivity index (χ0) is 25.9. The van der Waals surface area contributed by atoms with Gasteiger partial charge in [0.1, 0.15) is 0 Å². The van der Waals surface area contributed by atoms with E-state index in [-0.39, 0.29) is 5.91 Å². The molecule has 37 heavy (non-hydrogen) atoms. The maximum atomic E-state index is 12.9. The standard InChI is InChI=1S/C28H26N6O2S/c1-17-26(31-16-37-17)14-30-28(36)20-9-10-23(27(29)35)18(11-20)7-8-19-12-25(21-13-32-34(2)15-21)33-24-6-4-3-5-22(19)24/h3-6,9-13,15-16H,7-8,14H2,1-2H3,(H2,29,35)(H,30,36). The monoisotopic (exact) mass is 510 g/mol. The van der Waals surface area contributed by atoms with Crippen LogP contribution < -0.4 is 11.1 Å². The van der Waals surface area contributed by atoms with E-state index in [0.29, 0.717) is 30.5 Å². The molecule has 8 nitrogen and oxygen atoms in total. The third kappa shape index (κ3) is 5.26. The Balaban J connectivity index is 1.43. The smallest absolute Gasteiger partial charge is 0.251 e. The summed E-state index contributed by atoms with van der Waals surface area (Å²) in [5, 5.41) is 8.23. The minimum absolute atomic E-state index is 0.224. The molecule has 2 amide bonds. The van der Waals surface area contributed by atoms with Crippen LogP contribution in [0.2, 0.25) is 0 Å². The zero-order valence-electron chi connectivity index (χ0n) is 20.6. The van der Waals surface area contributed by atoms with Crippen molar-refractivity contribution in [1.29, 1.82) is 0 Å². The molecule has 0 bridgehead atoms. The number of rotatable bonds is 8. The zero-order valence-corrected chi connectivity index (χ0v) is 21.4. The van der Waals surface area contributed by atoms with Gasteiger partial charge < -0.3 is 11.1 Å². The fourth-order valence-electron chi connectivity index (χ4n) is 4.37. The van der Waals surface area contributed by atoms with Crippen LogP contribution in [-0.4, -0.2) is 31.6 Å². The average Bonchev–Trinajstić information content (AvgIpc) is 3.53. The normalized spacial score (nSPS) is 11.1. The Labute approximate surface area is 218 Å². The van der Waals surface area contributed by atoms with Crippen LogP contribution in [0, 0.1) is 6.92 Å². The number of hydrogen-bond acceptors (Lipinski definition) is 6. The number of carbonyl (C=O) groups excluding carboxylic acids is 2. The number of nitrogens with two attached hydrogens (primary N) is 1. The summed E-state index contributed by atoms with van der Waals surface area (Å²) in [7, 11) is 1.87. The molecule has 0 saturated heterocycles. The van der Waals surface area contributed by atoms with Crippen LogP contribution in [0.4, 0.5) is 0 Å². The minimum atomic E-state index is -0.518. The van der Waals surface area contributed by atoms with Crippen molar-refractivity contribution in [2.24, 2.45) is 12.8 Å². The molecule has 0 radical (unpaired) electrons. The lowest BCUT2D eigenvalue weighted by Crippen LogP contribution is -2.24. The number of thiazole rings is 1. The molecular weight excluding hydrogens is 484 g/mol. The molecule has 0 unspecified atom stereocenters. The van der Waals surface area contributed by atoms with Gasteiger partial charge in [-0.25, -0.2) is 9.97 Å². The van der Waals surface area contributed by atoms with E-state index in [4.69, 9.17) is 10.7 Å². The van der Waals surface area contributed by atoms with Crippen LogP contribution in [0.1, 0.15) is 42.4 Å². The molecule has 0 saturated carbocycles. The van der Waals surface area contributed by atoms with E-state index in [0.717, 1.165) is 43.9 Å². The summed E-state index contributed by atoms with van der Waals surface area (Å²) in [6.45, 7) is 2.32. The van der Waals surface area contributed by atoms with Crippen LogP contribution in [0.15, 0.2) is 66.4 Å². The first-order valence-electron chi connectivity index (χ1n) is 11.9. The van der Waals surface area contributed by atoms with E-state index >= 15 is 0 Å². The molecule has 5 aromatic rings. The Morgan fingerprint density at radius 1 is 1.08 bits per heavy atom. The van der Waals surface area contributed by atoms with Gasteiger partial charge in [-0.3, -0.25) is 14.3 Å². The van der Waals surface area contributed by atoms with Gasteiger partial charge in [-0.15, -0.1) is 11.3 Å². The number of pyridine rings is 1. The minimum Gasteiger partial charge on any atom is -0.366 e. The Morgan fingerprint density at radius 2 is 1.89 bits per heavy atom. The van der Waals surface area contributed by atoms with Crippen molar-refractivity contribution < 1.29 is 9.59 Å². The Morgan fingerprint density at radius 3 is 2.62 bits per heavy atom. The molecule has 9 heteroatoms. The fraction of sp³-hybridized carbons (Fsp3) is 0.179. The Hall–Kier alpha value is -4.37. The number of fused-ring (bicyclic) bond motifs is 1.